The van der Waals surface area contributed by atoms with Crippen LogP contribution in [0.2, 0.25) is 0 Å². The average Bonchev–Trinajstić information content (AvgIpc) is 3.43. The number of pyridine rings is 1. The van der Waals surface area contributed by atoms with Crippen molar-refractivity contribution in [1.82, 2.24) is 24.5 Å². The molecule has 0 bridgehead atoms. The zero-order valence-corrected chi connectivity index (χ0v) is 18.1. The lowest BCUT2D eigenvalue weighted by molar-refractivity contribution is -0.0115. The highest BCUT2D eigenvalue weighted by atomic mass is 32.2. The van der Waals surface area contributed by atoms with E-state index < -0.39 is 15.7 Å². The molecule has 1 fully saturated rings. The second-order valence-corrected chi connectivity index (χ2v) is 9.40. The first kappa shape index (κ1) is 20.6. The molecule has 3 aromatic heterocycles. The number of para-hydroxylation sites is 1. The molecular weight excluding hydrogens is 435 g/mol. The Morgan fingerprint density at radius 1 is 1.16 bits per heavy atom. The van der Waals surface area contributed by atoms with Crippen molar-refractivity contribution in [3.63, 3.8) is 0 Å². The van der Waals surface area contributed by atoms with Crippen LogP contribution in [0.25, 0.3) is 16.7 Å². The van der Waals surface area contributed by atoms with Gasteiger partial charge in [0.25, 0.3) is 10.0 Å². The van der Waals surface area contributed by atoms with Crippen molar-refractivity contribution in [3.05, 3.63) is 60.7 Å². The smallest absolute Gasteiger partial charge is 0.265 e. The van der Waals surface area contributed by atoms with Crippen molar-refractivity contribution in [2.75, 3.05) is 17.9 Å². The summed E-state index contributed by atoms with van der Waals surface area (Å²) in [4.78, 5) is 4.20. The topological polar surface area (TPSA) is 104 Å². The average molecular weight is 457 g/mol. The van der Waals surface area contributed by atoms with E-state index >= 15 is 4.39 Å². The third-order valence-corrected chi connectivity index (χ3v) is 6.98. The number of hydrogen-bond acceptors (Lipinski definition) is 6. The lowest BCUT2D eigenvalue weighted by Crippen LogP contribution is -2.29. The quantitative estimate of drug-likeness (QED) is 0.495. The molecule has 4 heterocycles. The van der Waals surface area contributed by atoms with Gasteiger partial charge in [-0.15, -0.1) is 0 Å². The highest BCUT2D eigenvalue weighted by Crippen LogP contribution is 2.36. The number of halogens is 1. The summed E-state index contributed by atoms with van der Waals surface area (Å²) in [7, 11) is -2.18. The van der Waals surface area contributed by atoms with Gasteiger partial charge < -0.3 is 4.74 Å². The monoisotopic (exact) mass is 456 g/mol. The van der Waals surface area contributed by atoms with Crippen molar-refractivity contribution in [2.24, 2.45) is 7.05 Å². The Bertz CT molecular complexity index is 1390. The first-order valence-corrected chi connectivity index (χ1v) is 11.6. The maximum absolute atomic E-state index is 15.3. The minimum Gasteiger partial charge on any atom is -0.381 e. The maximum Gasteiger partial charge on any atom is 0.265 e. The molecule has 0 unspecified atom stereocenters. The molecule has 0 aliphatic carbocycles. The molecule has 0 saturated carbocycles. The summed E-state index contributed by atoms with van der Waals surface area (Å²) >= 11 is 0. The molecule has 11 heteroatoms. The minimum absolute atomic E-state index is 0.0371. The Hall–Kier alpha value is -3.31. The molecule has 1 aliphatic rings. The first-order chi connectivity index (χ1) is 15.4. The molecule has 9 nitrogen and oxygen atoms in total. The van der Waals surface area contributed by atoms with E-state index in [0.29, 0.717) is 35.8 Å². The SMILES string of the molecule is Cn1ncc2cccc(NS(=O)(=O)c3cnn(-c4cc(C5(F)CCOCC5)ccn4)c3)c21. The zero-order chi connectivity index (χ0) is 22.3. The van der Waals surface area contributed by atoms with E-state index in [0.717, 1.165) is 5.39 Å². The highest BCUT2D eigenvalue weighted by Gasteiger charge is 2.34. The number of sulfonamides is 1. The van der Waals surface area contributed by atoms with E-state index in [4.69, 9.17) is 4.74 Å². The van der Waals surface area contributed by atoms with Gasteiger partial charge in [0.15, 0.2) is 5.82 Å². The fourth-order valence-corrected chi connectivity index (χ4v) is 4.89. The van der Waals surface area contributed by atoms with Gasteiger partial charge >= 0.3 is 0 Å². The van der Waals surface area contributed by atoms with Crippen LogP contribution in [0.5, 0.6) is 0 Å². The molecule has 1 aromatic carbocycles. The third-order valence-electron chi connectivity index (χ3n) is 5.66. The molecule has 5 rings (SSSR count). The van der Waals surface area contributed by atoms with E-state index in [1.807, 2.05) is 6.07 Å². The normalized spacial score (nSPS) is 16.3. The number of hydrogen-bond donors (Lipinski definition) is 1. The Morgan fingerprint density at radius 2 is 1.97 bits per heavy atom. The molecule has 1 N–H and O–H groups in total. The van der Waals surface area contributed by atoms with Crippen LogP contribution in [-0.2, 0) is 27.5 Å². The van der Waals surface area contributed by atoms with Crippen LogP contribution < -0.4 is 4.72 Å². The molecule has 166 valence electrons. The van der Waals surface area contributed by atoms with Crippen molar-refractivity contribution in [2.45, 2.75) is 23.4 Å². The Balaban J connectivity index is 1.44. The summed E-state index contributed by atoms with van der Waals surface area (Å²) in [5.41, 5.74) is 0.0601. The van der Waals surface area contributed by atoms with Crippen molar-refractivity contribution in [1.29, 1.82) is 0 Å². The lowest BCUT2D eigenvalue weighted by atomic mass is 9.89. The fourth-order valence-electron chi connectivity index (χ4n) is 3.90. The van der Waals surface area contributed by atoms with Gasteiger partial charge in [-0.25, -0.2) is 22.5 Å². The largest absolute Gasteiger partial charge is 0.381 e. The van der Waals surface area contributed by atoms with Gasteiger partial charge in [-0.3, -0.25) is 9.40 Å². The van der Waals surface area contributed by atoms with Crippen molar-refractivity contribution in [3.8, 4) is 5.82 Å². The van der Waals surface area contributed by atoms with E-state index in [1.54, 1.807) is 42.2 Å². The predicted molar refractivity (Wildman–Crippen MR) is 116 cm³/mol. The number of aromatic nitrogens is 5. The maximum atomic E-state index is 15.3. The number of fused-ring (bicyclic) bond motifs is 1. The highest BCUT2D eigenvalue weighted by molar-refractivity contribution is 7.92. The van der Waals surface area contributed by atoms with Crippen LogP contribution in [0.4, 0.5) is 10.1 Å². The molecule has 0 amide bonds. The number of nitrogens with one attached hydrogen (secondary N) is 1. The number of anilines is 1. The molecule has 1 saturated heterocycles. The summed E-state index contributed by atoms with van der Waals surface area (Å²) in [5, 5.41) is 9.13. The van der Waals surface area contributed by atoms with Crippen LogP contribution in [0.1, 0.15) is 18.4 Å². The van der Waals surface area contributed by atoms with E-state index in [-0.39, 0.29) is 17.7 Å². The summed E-state index contributed by atoms with van der Waals surface area (Å²) < 4.78 is 52.1. The van der Waals surface area contributed by atoms with E-state index in [2.05, 4.69) is 19.9 Å². The van der Waals surface area contributed by atoms with Crippen molar-refractivity contribution < 1.29 is 17.5 Å². The Morgan fingerprint density at radius 3 is 2.78 bits per heavy atom. The van der Waals surface area contributed by atoms with Crippen LogP contribution in [0.15, 0.2) is 60.0 Å². The summed E-state index contributed by atoms with van der Waals surface area (Å²) in [6.45, 7) is 0.709. The summed E-state index contributed by atoms with van der Waals surface area (Å²) in [6.07, 6.45) is 6.28. The predicted octanol–water partition coefficient (Wildman–Crippen LogP) is 2.93. The number of aryl methyl sites for hydroxylation is 1. The van der Waals surface area contributed by atoms with Gasteiger partial charge in [0.05, 0.1) is 29.8 Å². The number of rotatable bonds is 5. The van der Waals surface area contributed by atoms with Gasteiger partial charge in [-0.2, -0.15) is 10.2 Å². The van der Waals surface area contributed by atoms with Gasteiger partial charge in [-0.05, 0) is 23.8 Å². The molecule has 0 atom stereocenters. The standard InChI is InChI=1S/C21H21FN6O3S/c1-27-20-15(12-24-27)3-2-4-18(20)26-32(29,30)17-13-25-28(14-17)19-11-16(5-8-23-19)21(22)6-9-31-10-7-21/h2-5,8,11-14,26H,6-7,9-10H2,1H3. The van der Waals surface area contributed by atoms with Crippen LogP contribution in [0, 0.1) is 0 Å². The lowest BCUT2D eigenvalue weighted by Gasteiger charge is -2.29. The zero-order valence-electron chi connectivity index (χ0n) is 17.3. The van der Waals surface area contributed by atoms with Gasteiger partial charge in [0.1, 0.15) is 10.6 Å². The molecule has 0 spiro atoms. The van der Waals surface area contributed by atoms with Crippen LogP contribution >= 0.6 is 0 Å². The van der Waals surface area contributed by atoms with Gasteiger partial charge in [0.2, 0.25) is 0 Å². The molecule has 0 radical (unpaired) electrons. The summed E-state index contributed by atoms with van der Waals surface area (Å²) in [6, 6.07) is 8.51. The van der Waals surface area contributed by atoms with Crippen molar-refractivity contribution >= 4 is 26.6 Å². The third kappa shape index (κ3) is 3.63. The number of alkyl halides is 1. The fraction of sp³-hybridized carbons (Fsp3) is 0.286. The molecule has 32 heavy (non-hydrogen) atoms. The number of ether oxygens (including phenoxy) is 1. The second-order valence-electron chi connectivity index (χ2n) is 7.72. The number of benzene rings is 1. The van der Waals surface area contributed by atoms with Gasteiger partial charge in [-0.1, -0.05) is 12.1 Å². The number of nitrogens with zero attached hydrogens (tertiary/aromatic N) is 5. The van der Waals surface area contributed by atoms with Gasteiger partial charge in [0, 0.05) is 44.7 Å². The van der Waals surface area contributed by atoms with Crippen LogP contribution in [-0.4, -0.2) is 46.2 Å². The molecular formula is C21H21FN6O3S. The van der Waals surface area contributed by atoms with E-state index in [1.165, 1.54) is 23.3 Å². The van der Waals surface area contributed by atoms with Crippen LogP contribution in [0.3, 0.4) is 0 Å². The molecule has 1 aliphatic heterocycles. The summed E-state index contributed by atoms with van der Waals surface area (Å²) in [5.74, 6) is 0.334. The van der Waals surface area contributed by atoms with E-state index in [9.17, 15) is 8.42 Å². The first-order valence-electron chi connectivity index (χ1n) is 10.1. The Labute approximate surface area is 183 Å². The Kier molecular flexibility index (Phi) is 4.94. The molecule has 4 aromatic rings. The second kappa shape index (κ2) is 7.68. The minimum atomic E-state index is -3.92.